The topological polar surface area (TPSA) is 67.7 Å². The van der Waals surface area contributed by atoms with Gasteiger partial charge in [-0.3, -0.25) is 4.68 Å². The molecule has 2 aromatic heterocycles. The zero-order valence-electron chi connectivity index (χ0n) is 12.0. The molecule has 2 rings (SSSR count). The van der Waals surface area contributed by atoms with E-state index < -0.39 is 11.7 Å². The van der Waals surface area contributed by atoms with Gasteiger partial charge >= 0.3 is 6.18 Å². The fraction of sp³-hybridized carbons (Fsp3) is 0.417. The summed E-state index contributed by atoms with van der Waals surface area (Å²) in [5.41, 5.74) is 1.32. The van der Waals surface area contributed by atoms with E-state index in [1.165, 1.54) is 7.05 Å². The van der Waals surface area contributed by atoms with Crippen LogP contribution in [0, 0.1) is 13.8 Å². The maximum atomic E-state index is 12.8. The van der Waals surface area contributed by atoms with Crippen molar-refractivity contribution in [3.05, 3.63) is 23.1 Å². The number of hydrogen-bond acceptors (Lipinski definition) is 5. The third kappa shape index (κ3) is 2.91. The van der Waals surface area contributed by atoms with Crippen LogP contribution in [0.15, 0.2) is 6.20 Å². The summed E-state index contributed by atoms with van der Waals surface area (Å²) in [5, 5.41) is 9.54. The Kier molecular flexibility index (Phi) is 3.75. The number of rotatable bonds is 3. The predicted molar refractivity (Wildman–Crippen MR) is 72.5 cm³/mol. The summed E-state index contributed by atoms with van der Waals surface area (Å²) in [4.78, 5) is 7.58. The molecule has 0 aliphatic heterocycles. The summed E-state index contributed by atoms with van der Waals surface area (Å²) in [7, 11) is 3.15. The van der Waals surface area contributed by atoms with Crippen molar-refractivity contribution in [1.82, 2.24) is 19.7 Å². The average molecular weight is 300 g/mol. The number of nitrogens with zero attached hydrogens (tertiary/aromatic N) is 4. The highest BCUT2D eigenvalue weighted by Crippen LogP contribution is 2.34. The van der Waals surface area contributed by atoms with E-state index >= 15 is 0 Å². The summed E-state index contributed by atoms with van der Waals surface area (Å²) < 4.78 is 40.0. The van der Waals surface area contributed by atoms with Crippen molar-refractivity contribution in [2.24, 2.45) is 7.05 Å². The Balaban J connectivity index is 2.38. The van der Waals surface area contributed by atoms with E-state index in [1.807, 2.05) is 6.92 Å². The van der Waals surface area contributed by atoms with Crippen LogP contribution in [0.3, 0.4) is 0 Å². The second-order valence-corrected chi connectivity index (χ2v) is 4.50. The Labute approximate surface area is 119 Å². The van der Waals surface area contributed by atoms with Crippen LogP contribution in [0.2, 0.25) is 0 Å². The number of alkyl halides is 3. The van der Waals surface area contributed by atoms with Crippen LogP contribution in [0.1, 0.15) is 17.0 Å². The van der Waals surface area contributed by atoms with Crippen LogP contribution in [0.5, 0.6) is 0 Å². The SMILES string of the molecule is CNc1nc(Nc2c(C)nn(C)c2C)ncc1C(F)(F)F. The fourth-order valence-electron chi connectivity index (χ4n) is 1.91. The quantitative estimate of drug-likeness (QED) is 0.912. The first kappa shape index (κ1) is 15.1. The molecular formula is C12H15F3N6. The van der Waals surface area contributed by atoms with Gasteiger partial charge in [0.2, 0.25) is 5.95 Å². The number of aromatic nitrogens is 4. The van der Waals surface area contributed by atoms with Crippen molar-refractivity contribution < 1.29 is 13.2 Å². The molecule has 0 spiro atoms. The molecule has 0 atom stereocenters. The van der Waals surface area contributed by atoms with Gasteiger partial charge in [-0.15, -0.1) is 0 Å². The van der Waals surface area contributed by atoms with Crippen molar-refractivity contribution in [1.29, 1.82) is 0 Å². The Bertz CT molecular complexity index is 662. The number of aryl methyl sites for hydroxylation is 2. The molecule has 0 saturated carbocycles. The number of hydrogen-bond donors (Lipinski definition) is 2. The second kappa shape index (κ2) is 5.23. The van der Waals surface area contributed by atoms with Crippen LogP contribution in [0.4, 0.5) is 30.6 Å². The summed E-state index contributed by atoms with van der Waals surface area (Å²) in [6, 6.07) is 0. The van der Waals surface area contributed by atoms with Crippen LogP contribution in [-0.2, 0) is 13.2 Å². The predicted octanol–water partition coefficient (Wildman–Crippen LogP) is 2.63. The van der Waals surface area contributed by atoms with Gasteiger partial charge < -0.3 is 10.6 Å². The molecule has 0 amide bonds. The van der Waals surface area contributed by atoms with E-state index in [4.69, 9.17) is 0 Å². The first-order valence-electron chi connectivity index (χ1n) is 6.13. The molecule has 0 bridgehead atoms. The summed E-state index contributed by atoms with van der Waals surface area (Å²) in [5.74, 6) is -0.203. The maximum absolute atomic E-state index is 12.8. The van der Waals surface area contributed by atoms with E-state index in [0.717, 1.165) is 11.9 Å². The number of halogens is 3. The Morgan fingerprint density at radius 2 is 1.90 bits per heavy atom. The zero-order valence-corrected chi connectivity index (χ0v) is 12.0. The second-order valence-electron chi connectivity index (χ2n) is 4.50. The first-order chi connectivity index (χ1) is 9.74. The Hall–Kier alpha value is -2.32. The molecule has 6 nitrogen and oxygen atoms in total. The average Bonchev–Trinajstić information content (AvgIpc) is 2.64. The van der Waals surface area contributed by atoms with E-state index in [1.54, 1.807) is 18.7 Å². The van der Waals surface area contributed by atoms with Crippen molar-refractivity contribution in [2.45, 2.75) is 20.0 Å². The lowest BCUT2D eigenvalue weighted by atomic mass is 10.3. The molecule has 2 N–H and O–H groups in total. The molecular weight excluding hydrogens is 285 g/mol. The minimum absolute atomic E-state index is 0.0755. The van der Waals surface area contributed by atoms with E-state index in [0.29, 0.717) is 11.4 Å². The molecule has 0 aliphatic carbocycles. The number of anilines is 3. The van der Waals surface area contributed by atoms with Crippen LogP contribution < -0.4 is 10.6 Å². The smallest absolute Gasteiger partial charge is 0.372 e. The molecule has 0 aliphatic rings. The van der Waals surface area contributed by atoms with Crippen molar-refractivity contribution in [3.8, 4) is 0 Å². The normalized spacial score (nSPS) is 11.6. The molecule has 0 radical (unpaired) electrons. The van der Waals surface area contributed by atoms with Crippen molar-refractivity contribution in [3.63, 3.8) is 0 Å². The van der Waals surface area contributed by atoms with Crippen LogP contribution >= 0.6 is 0 Å². The highest BCUT2D eigenvalue weighted by Gasteiger charge is 2.35. The summed E-state index contributed by atoms with van der Waals surface area (Å²) >= 11 is 0. The van der Waals surface area contributed by atoms with Gasteiger partial charge in [-0.25, -0.2) is 4.98 Å². The molecule has 114 valence electrons. The molecule has 0 fully saturated rings. The van der Waals surface area contributed by atoms with Crippen molar-refractivity contribution in [2.75, 3.05) is 17.7 Å². The highest BCUT2D eigenvalue weighted by atomic mass is 19.4. The summed E-state index contributed by atoms with van der Waals surface area (Å²) in [6.07, 6.45) is -3.75. The maximum Gasteiger partial charge on any atom is 0.421 e. The van der Waals surface area contributed by atoms with Gasteiger partial charge in [-0.2, -0.15) is 23.3 Å². The summed E-state index contributed by atoms with van der Waals surface area (Å²) in [6.45, 7) is 3.63. The minimum Gasteiger partial charge on any atom is -0.372 e. The van der Waals surface area contributed by atoms with E-state index in [2.05, 4.69) is 25.7 Å². The van der Waals surface area contributed by atoms with Gasteiger partial charge in [0.1, 0.15) is 11.4 Å². The lowest BCUT2D eigenvalue weighted by molar-refractivity contribution is -0.137. The van der Waals surface area contributed by atoms with E-state index in [9.17, 15) is 13.2 Å². The third-order valence-electron chi connectivity index (χ3n) is 3.08. The van der Waals surface area contributed by atoms with E-state index in [-0.39, 0.29) is 11.8 Å². The standard InChI is InChI=1S/C12H15F3N6/c1-6-9(7(2)21(4)20-6)18-11-17-5-8(12(13,14)15)10(16-3)19-11/h5H,1-4H3,(H2,16,17,18,19). The molecule has 2 heterocycles. The third-order valence-corrected chi connectivity index (χ3v) is 3.08. The Morgan fingerprint density at radius 3 is 2.38 bits per heavy atom. The lowest BCUT2D eigenvalue weighted by Gasteiger charge is -2.13. The largest absolute Gasteiger partial charge is 0.421 e. The van der Waals surface area contributed by atoms with Crippen LogP contribution in [-0.4, -0.2) is 26.8 Å². The molecule has 0 saturated heterocycles. The van der Waals surface area contributed by atoms with Gasteiger partial charge in [0.25, 0.3) is 0 Å². The van der Waals surface area contributed by atoms with Gasteiger partial charge in [-0.1, -0.05) is 0 Å². The molecule has 2 aromatic rings. The monoisotopic (exact) mass is 300 g/mol. The van der Waals surface area contributed by atoms with Crippen molar-refractivity contribution >= 4 is 17.5 Å². The Morgan fingerprint density at radius 1 is 1.24 bits per heavy atom. The first-order valence-corrected chi connectivity index (χ1v) is 6.13. The molecule has 21 heavy (non-hydrogen) atoms. The minimum atomic E-state index is -4.50. The van der Waals surface area contributed by atoms with Gasteiger partial charge in [-0.05, 0) is 13.8 Å². The zero-order chi connectivity index (χ0) is 15.8. The molecule has 9 heteroatoms. The fourth-order valence-corrected chi connectivity index (χ4v) is 1.91. The van der Waals surface area contributed by atoms with Gasteiger partial charge in [0, 0.05) is 20.3 Å². The van der Waals surface area contributed by atoms with Gasteiger partial charge in [0.05, 0.1) is 17.1 Å². The molecule has 0 aromatic carbocycles. The number of nitrogens with one attached hydrogen (secondary N) is 2. The van der Waals surface area contributed by atoms with Gasteiger partial charge in [0.15, 0.2) is 0 Å². The van der Waals surface area contributed by atoms with Crippen LogP contribution in [0.25, 0.3) is 0 Å². The highest BCUT2D eigenvalue weighted by molar-refractivity contribution is 5.61. The lowest BCUT2D eigenvalue weighted by Crippen LogP contribution is -2.12. The molecule has 0 unspecified atom stereocenters.